The van der Waals surface area contributed by atoms with Crippen LogP contribution in [-0.2, 0) is 12.8 Å². The van der Waals surface area contributed by atoms with Gasteiger partial charge in [-0.05, 0) is 43.4 Å². The Bertz CT molecular complexity index is 1060. The van der Waals surface area contributed by atoms with Gasteiger partial charge in [0, 0.05) is 41.9 Å². The first-order chi connectivity index (χ1) is 14.3. The predicted octanol–water partition coefficient (Wildman–Crippen LogP) is 4.97. The Hall–Kier alpha value is -3.34. The summed E-state index contributed by atoms with van der Waals surface area (Å²) in [6.07, 6.45) is 5.13. The molecule has 4 rings (SSSR count). The Morgan fingerprint density at radius 1 is 0.862 bits per heavy atom. The third-order valence-electron chi connectivity index (χ3n) is 5.00. The maximum Gasteiger partial charge on any atom is 0.224 e. The summed E-state index contributed by atoms with van der Waals surface area (Å²) in [4.78, 5) is 12.5. The molecule has 0 saturated heterocycles. The fourth-order valence-electron chi connectivity index (χ4n) is 3.54. The van der Waals surface area contributed by atoms with Crippen molar-refractivity contribution in [3.05, 3.63) is 83.7 Å². The highest BCUT2D eigenvalue weighted by molar-refractivity contribution is 5.83. The molecule has 5 nitrogen and oxygen atoms in total. The van der Waals surface area contributed by atoms with E-state index in [1.807, 2.05) is 13.0 Å². The molecule has 0 fully saturated rings. The van der Waals surface area contributed by atoms with Crippen molar-refractivity contribution < 1.29 is 0 Å². The second-order valence-electron chi connectivity index (χ2n) is 7.27. The minimum Gasteiger partial charge on any atom is -0.370 e. The van der Waals surface area contributed by atoms with Gasteiger partial charge in [-0.3, -0.25) is 0 Å². The molecule has 0 amide bonds. The highest BCUT2D eigenvalue weighted by Crippen LogP contribution is 2.18. The molecule has 3 N–H and O–H groups in total. The van der Waals surface area contributed by atoms with Gasteiger partial charge >= 0.3 is 0 Å². The van der Waals surface area contributed by atoms with Gasteiger partial charge in [0.25, 0.3) is 0 Å². The predicted molar refractivity (Wildman–Crippen MR) is 121 cm³/mol. The van der Waals surface area contributed by atoms with Crippen molar-refractivity contribution in [2.75, 3.05) is 23.7 Å². The number of benzene rings is 2. The van der Waals surface area contributed by atoms with Crippen LogP contribution in [0.25, 0.3) is 10.9 Å². The molecule has 2 heterocycles. The largest absolute Gasteiger partial charge is 0.370 e. The van der Waals surface area contributed by atoms with Crippen LogP contribution in [0.15, 0.2) is 66.9 Å². The third-order valence-corrected chi connectivity index (χ3v) is 5.00. The molecule has 2 aromatic carbocycles. The number of para-hydroxylation sites is 1. The van der Waals surface area contributed by atoms with Gasteiger partial charge in [0.05, 0.1) is 0 Å². The van der Waals surface area contributed by atoms with E-state index in [0.29, 0.717) is 5.95 Å². The van der Waals surface area contributed by atoms with Crippen molar-refractivity contribution in [2.24, 2.45) is 0 Å². The zero-order valence-corrected chi connectivity index (χ0v) is 16.8. The maximum atomic E-state index is 4.62. The molecule has 0 aliphatic rings. The summed E-state index contributed by atoms with van der Waals surface area (Å²) < 4.78 is 0. The van der Waals surface area contributed by atoms with Gasteiger partial charge in [0.15, 0.2) is 0 Å². The average molecular weight is 386 g/mol. The second-order valence-corrected chi connectivity index (χ2v) is 7.27. The summed E-state index contributed by atoms with van der Waals surface area (Å²) in [6.45, 7) is 3.68. The number of hydrogen-bond acceptors (Lipinski definition) is 4. The fraction of sp³-hybridized carbons (Fsp3) is 0.250. The van der Waals surface area contributed by atoms with Crippen LogP contribution >= 0.6 is 0 Å². The second kappa shape index (κ2) is 9.24. The van der Waals surface area contributed by atoms with E-state index in [9.17, 15) is 0 Å². The Morgan fingerprint density at radius 2 is 1.69 bits per heavy atom. The topological polar surface area (TPSA) is 65.6 Å². The van der Waals surface area contributed by atoms with Gasteiger partial charge < -0.3 is 15.6 Å². The Labute approximate surface area is 171 Å². The molecule has 4 aromatic rings. The minimum absolute atomic E-state index is 0.676. The van der Waals surface area contributed by atoms with Crippen LogP contribution in [0.1, 0.15) is 23.2 Å². The molecular weight excluding hydrogens is 358 g/mol. The highest BCUT2D eigenvalue weighted by atomic mass is 15.1. The minimum atomic E-state index is 0.676. The number of anilines is 2. The maximum absolute atomic E-state index is 4.62. The number of H-pyrrole nitrogens is 1. The van der Waals surface area contributed by atoms with Crippen LogP contribution in [0.5, 0.6) is 0 Å². The van der Waals surface area contributed by atoms with E-state index in [0.717, 1.165) is 43.9 Å². The average Bonchev–Trinajstić information content (AvgIpc) is 3.15. The van der Waals surface area contributed by atoms with Crippen molar-refractivity contribution in [3.8, 4) is 0 Å². The van der Waals surface area contributed by atoms with Gasteiger partial charge in [-0.2, -0.15) is 4.98 Å². The Kier molecular flexibility index (Phi) is 6.05. The standard InChI is InChI=1S/C24H27N5/c1-18-16-23(25-14-7-10-19-8-3-2-4-9-19)29-24(28-18)26-15-13-20-17-27-22-12-6-5-11-21(20)22/h2-6,8-9,11-12,16-17,27H,7,10,13-15H2,1H3,(H2,25,26,28,29). The monoisotopic (exact) mass is 385 g/mol. The molecule has 2 aromatic heterocycles. The molecule has 0 radical (unpaired) electrons. The lowest BCUT2D eigenvalue weighted by molar-refractivity contribution is 0.856. The van der Waals surface area contributed by atoms with Crippen LogP contribution in [-0.4, -0.2) is 28.0 Å². The summed E-state index contributed by atoms with van der Waals surface area (Å²) in [7, 11) is 0. The van der Waals surface area contributed by atoms with Crippen LogP contribution in [0, 0.1) is 6.92 Å². The third kappa shape index (κ3) is 5.13. The summed E-state index contributed by atoms with van der Waals surface area (Å²) in [5, 5.41) is 8.08. The zero-order chi connectivity index (χ0) is 19.9. The number of hydrogen-bond donors (Lipinski definition) is 3. The van der Waals surface area contributed by atoms with Crippen molar-refractivity contribution in [2.45, 2.75) is 26.2 Å². The number of aryl methyl sites for hydroxylation is 2. The summed E-state index contributed by atoms with van der Waals surface area (Å²) in [6, 6.07) is 21.0. The van der Waals surface area contributed by atoms with E-state index in [2.05, 4.69) is 86.4 Å². The first-order valence-corrected chi connectivity index (χ1v) is 10.2. The fourth-order valence-corrected chi connectivity index (χ4v) is 3.54. The molecule has 0 aliphatic carbocycles. The first-order valence-electron chi connectivity index (χ1n) is 10.2. The van der Waals surface area contributed by atoms with E-state index in [1.54, 1.807) is 0 Å². The zero-order valence-electron chi connectivity index (χ0n) is 16.8. The Morgan fingerprint density at radius 3 is 2.59 bits per heavy atom. The SMILES string of the molecule is Cc1cc(NCCCc2ccccc2)nc(NCCc2c[nH]c3ccccc23)n1. The molecule has 5 heteroatoms. The lowest BCUT2D eigenvalue weighted by atomic mass is 10.1. The van der Waals surface area contributed by atoms with Crippen molar-refractivity contribution >= 4 is 22.7 Å². The van der Waals surface area contributed by atoms with E-state index >= 15 is 0 Å². The van der Waals surface area contributed by atoms with Gasteiger partial charge in [0.1, 0.15) is 5.82 Å². The van der Waals surface area contributed by atoms with Gasteiger partial charge in [-0.1, -0.05) is 48.5 Å². The highest BCUT2D eigenvalue weighted by Gasteiger charge is 2.05. The number of nitrogens with zero attached hydrogens (tertiary/aromatic N) is 2. The van der Waals surface area contributed by atoms with Crippen molar-refractivity contribution in [3.63, 3.8) is 0 Å². The van der Waals surface area contributed by atoms with Gasteiger partial charge in [0.2, 0.25) is 5.95 Å². The molecule has 0 bridgehead atoms. The quantitative estimate of drug-likeness (QED) is 0.356. The van der Waals surface area contributed by atoms with Crippen LogP contribution in [0.3, 0.4) is 0 Å². The van der Waals surface area contributed by atoms with Gasteiger partial charge in [-0.15, -0.1) is 0 Å². The molecule has 0 aliphatic heterocycles. The lowest BCUT2D eigenvalue weighted by Gasteiger charge is -2.10. The number of aromatic nitrogens is 3. The van der Waals surface area contributed by atoms with Crippen LogP contribution < -0.4 is 10.6 Å². The van der Waals surface area contributed by atoms with Crippen molar-refractivity contribution in [1.29, 1.82) is 0 Å². The smallest absolute Gasteiger partial charge is 0.224 e. The van der Waals surface area contributed by atoms with E-state index < -0.39 is 0 Å². The number of nitrogens with one attached hydrogen (secondary N) is 3. The summed E-state index contributed by atoms with van der Waals surface area (Å²) in [5.41, 5.74) is 4.81. The molecule has 0 saturated carbocycles. The van der Waals surface area contributed by atoms with Crippen molar-refractivity contribution in [1.82, 2.24) is 15.0 Å². The molecular formula is C24H27N5. The summed E-state index contributed by atoms with van der Waals surface area (Å²) in [5.74, 6) is 1.55. The molecule has 0 unspecified atom stereocenters. The molecule has 0 atom stereocenters. The lowest BCUT2D eigenvalue weighted by Crippen LogP contribution is -2.11. The normalized spacial score (nSPS) is 10.9. The van der Waals surface area contributed by atoms with Crippen LogP contribution in [0.2, 0.25) is 0 Å². The van der Waals surface area contributed by atoms with E-state index in [1.165, 1.54) is 22.0 Å². The van der Waals surface area contributed by atoms with Crippen LogP contribution in [0.4, 0.5) is 11.8 Å². The number of rotatable bonds is 9. The molecule has 0 spiro atoms. The number of fused-ring (bicyclic) bond motifs is 1. The summed E-state index contributed by atoms with van der Waals surface area (Å²) >= 11 is 0. The first kappa shape index (κ1) is 19.0. The number of aromatic amines is 1. The van der Waals surface area contributed by atoms with Gasteiger partial charge in [-0.25, -0.2) is 4.98 Å². The van der Waals surface area contributed by atoms with E-state index in [4.69, 9.17) is 0 Å². The van der Waals surface area contributed by atoms with E-state index in [-0.39, 0.29) is 0 Å². The molecule has 148 valence electrons. The Balaban J connectivity index is 1.28. The molecule has 29 heavy (non-hydrogen) atoms.